The molecular formula is C27H28N2O6S. The quantitative estimate of drug-likeness (QED) is 0.383. The van der Waals surface area contributed by atoms with Gasteiger partial charge in [-0.05, 0) is 42.0 Å². The summed E-state index contributed by atoms with van der Waals surface area (Å²) in [6.45, 7) is 0.419. The van der Waals surface area contributed by atoms with Gasteiger partial charge in [0.15, 0.2) is 21.5 Å². The number of carbonyl (C=O) groups is 1. The lowest BCUT2D eigenvalue weighted by atomic mass is 9.85. The van der Waals surface area contributed by atoms with E-state index < -0.39 is 27.4 Å². The van der Waals surface area contributed by atoms with E-state index in [4.69, 9.17) is 20.3 Å². The fourth-order valence-corrected chi connectivity index (χ4v) is 5.45. The van der Waals surface area contributed by atoms with Crippen LogP contribution in [-0.4, -0.2) is 49.8 Å². The molecule has 3 N–H and O–H groups in total. The Morgan fingerprint density at radius 1 is 1.00 bits per heavy atom. The van der Waals surface area contributed by atoms with Crippen molar-refractivity contribution in [3.8, 4) is 5.75 Å². The SMILES string of the molecule is NC(=O)[C@@]1(CCS(=O)(=O)c2ccccc2)N=C(c2ccc(OCCCO)cc2)O[C@H]1c1ccccc1. The Labute approximate surface area is 210 Å². The van der Waals surface area contributed by atoms with Crippen molar-refractivity contribution in [1.82, 2.24) is 0 Å². The van der Waals surface area contributed by atoms with Crippen molar-refractivity contribution >= 4 is 21.6 Å². The summed E-state index contributed by atoms with van der Waals surface area (Å²) in [4.78, 5) is 17.7. The van der Waals surface area contributed by atoms with Crippen molar-refractivity contribution < 1.29 is 27.8 Å². The zero-order valence-corrected chi connectivity index (χ0v) is 20.4. The lowest BCUT2D eigenvalue weighted by molar-refractivity contribution is -0.125. The van der Waals surface area contributed by atoms with Crippen LogP contribution >= 0.6 is 0 Å². The number of carbonyl (C=O) groups excluding carboxylic acids is 1. The summed E-state index contributed by atoms with van der Waals surface area (Å²) < 4.78 is 37.8. The second kappa shape index (κ2) is 10.9. The number of hydrogen-bond acceptors (Lipinski definition) is 7. The number of amides is 1. The summed E-state index contributed by atoms with van der Waals surface area (Å²) in [7, 11) is -3.69. The van der Waals surface area contributed by atoms with E-state index in [2.05, 4.69) is 4.99 Å². The molecule has 0 bridgehead atoms. The fraction of sp³-hybridized carbons (Fsp3) is 0.259. The summed E-state index contributed by atoms with van der Waals surface area (Å²) in [5.74, 6) is -0.290. The van der Waals surface area contributed by atoms with E-state index in [1.807, 2.05) is 18.2 Å². The molecule has 2 atom stereocenters. The third-order valence-electron chi connectivity index (χ3n) is 6.02. The molecule has 1 aliphatic rings. The minimum absolute atomic E-state index is 0.0405. The molecule has 8 nitrogen and oxygen atoms in total. The molecule has 3 aromatic rings. The maximum absolute atomic E-state index is 13.0. The molecule has 1 heterocycles. The molecule has 9 heteroatoms. The van der Waals surface area contributed by atoms with Crippen LogP contribution in [0.5, 0.6) is 5.75 Å². The van der Waals surface area contributed by atoms with E-state index in [-0.39, 0.29) is 29.6 Å². The third-order valence-corrected chi connectivity index (χ3v) is 7.75. The number of aliphatic imine (C=N–C) groups is 1. The molecule has 0 saturated heterocycles. The molecular weight excluding hydrogens is 480 g/mol. The molecule has 3 aromatic carbocycles. The number of rotatable bonds is 11. The van der Waals surface area contributed by atoms with Gasteiger partial charge in [0.1, 0.15) is 5.75 Å². The monoisotopic (exact) mass is 508 g/mol. The second-order valence-corrected chi connectivity index (χ2v) is 10.6. The van der Waals surface area contributed by atoms with Crippen LogP contribution in [0.2, 0.25) is 0 Å². The van der Waals surface area contributed by atoms with E-state index in [9.17, 15) is 13.2 Å². The first-order valence-corrected chi connectivity index (χ1v) is 13.2. The highest BCUT2D eigenvalue weighted by molar-refractivity contribution is 7.91. The van der Waals surface area contributed by atoms with Gasteiger partial charge in [0.05, 0.1) is 17.3 Å². The summed E-state index contributed by atoms with van der Waals surface area (Å²) in [5, 5.41) is 8.92. The molecule has 4 rings (SSSR count). The zero-order chi connectivity index (χ0) is 25.6. The van der Waals surface area contributed by atoms with Gasteiger partial charge in [-0.1, -0.05) is 48.5 Å². The Kier molecular flexibility index (Phi) is 7.71. The van der Waals surface area contributed by atoms with E-state index in [0.717, 1.165) is 0 Å². The van der Waals surface area contributed by atoms with Gasteiger partial charge in [-0.25, -0.2) is 13.4 Å². The van der Waals surface area contributed by atoms with Crippen LogP contribution in [0, 0.1) is 0 Å². The zero-order valence-electron chi connectivity index (χ0n) is 19.6. The fourth-order valence-electron chi connectivity index (χ4n) is 4.06. The Morgan fingerprint density at radius 2 is 1.64 bits per heavy atom. The number of aliphatic hydroxyl groups is 1. The lowest BCUT2D eigenvalue weighted by Crippen LogP contribution is -2.46. The Morgan fingerprint density at radius 3 is 2.25 bits per heavy atom. The van der Waals surface area contributed by atoms with Crippen LogP contribution in [0.3, 0.4) is 0 Å². The Bertz CT molecular complexity index is 1310. The van der Waals surface area contributed by atoms with Gasteiger partial charge in [0, 0.05) is 25.0 Å². The van der Waals surface area contributed by atoms with Crippen molar-refractivity contribution in [1.29, 1.82) is 0 Å². The first-order valence-electron chi connectivity index (χ1n) is 11.6. The van der Waals surface area contributed by atoms with Gasteiger partial charge < -0.3 is 20.3 Å². The van der Waals surface area contributed by atoms with Gasteiger partial charge in [0.2, 0.25) is 11.8 Å². The van der Waals surface area contributed by atoms with Crippen molar-refractivity contribution in [2.75, 3.05) is 19.0 Å². The minimum Gasteiger partial charge on any atom is -0.494 e. The molecule has 0 spiro atoms. The van der Waals surface area contributed by atoms with Crippen LogP contribution < -0.4 is 10.5 Å². The average molecular weight is 509 g/mol. The number of benzene rings is 3. The smallest absolute Gasteiger partial charge is 0.249 e. The van der Waals surface area contributed by atoms with E-state index in [1.165, 1.54) is 12.1 Å². The summed E-state index contributed by atoms with van der Waals surface area (Å²) in [6.07, 6.45) is -0.522. The van der Waals surface area contributed by atoms with E-state index in [1.54, 1.807) is 54.6 Å². The Balaban J connectivity index is 1.67. The first kappa shape index (κ1) is 25.4. The predicted molar refractivity (Wildman–Crippen MR) is 135 cm³/mol. The van der Waals surface area contributed by atoms with Crippen LogP contribution in [-0.2, 0) is 19.4 Å². The largest absolute Gasteiger partial charge is 0.494 e. The maximum atomic E-state index is 13.0. The molecule has 0 radical (unpaired) electrons. The number of nitrogens with zero attached hydrogens (tertiary/aromatic N) is 1. The highest BCUT2D eigenvalue weighted by Gasteiger charge is 2.52. The van der Waals surface area contributed by atoms with Crippen LogP contribution in [0.4, 0.5) is 0 Å². The molecule has 36 heavy (non-hydrogen) atoms. The van der Waals surface area contributed by atoms with Crippen molar-refractivity contribution in [2.24, 2.45) is 10.7 Å². The summed E-state index contributed by atoms with van der Waals surface area (Å²) >= 11 is 0. The number of nitrogens with two attached hydrogens (primary N) is 1. The molecule has 1 aliphatic heterocycles. The number of aliphatic hydroxyl groups excluding tert-OH is 1. The Hall–Kier alpha value is -3.69. The van der Waals surface area contributed by atoms with E-state index >= 15 is 0 Å². The first-order chi connectivity index (χ1) is 17.4. The highest BCUT2D eigenvalue weighted by atomic mass is 32.2. The van der Waals surface area contributed by atoms with Gasteiger partial charge in [-0.3, -0.25) is 4.79 Å². The molecule has 0 unspecified atom stereocenters. The van der Waals surface area contributed by atoms with E-state index in [0.29, 0.717) is 29.9 Å². The van der Waals surface area contributed by atoms with Crippen molar-refractivity contribution in [3.05, 3.63) is 96.1 Å². The van der Waals surface area contributed by atoms with Gasteiger partial charge >= 0.3 is 0 Å². The summed E-state index contributed by atoms with van der Waals surface area (Å²) in [6, 6.07) is 24.1. The second-order valence-electron chi connectivity index (χ2n) is 8.45. The number of primary amides is 1. The minimum atomic E-state index is -3.69. The summed E-state index contributed by atoms with van der Waals surface area (Å²) in [5.41, 5.74) is 5.54. The molecule has 188 valence electrons. The van der Waals surface area contributed by atoms with Gasteiger partial charge in [-0.15, -0.1) is 0 Å². The molecule has 0 fully saturated rings. The van der Waals surface area contributed by atoms with Crippen LogP contribution in [0.1, 0.15) is 30.1 Å². The lowest BCUT2D eigenvalue weighted by Gasteiger charge is -2.28. The van der Waals surface area contributed by atoms with Crippen LogP contribution in [0.25, 0.3) is 0 Å². The van der Waals surface area contributed by atoms with Gasteiger partial charge in [0.25, 0.3) is 0 Å². The number of hydrogen-bond donors (Lipinski definition) is 2. The van der Waals surface area contributed by atoms with Crippen molar-refractivity contribution in [2.45, 2.75) is 29.4 Å². The maximum Gasteiger partial charge on any atom is 0.249 e. The van der Waals surface area contributed by atoms with Crippen LogP contribution in [0.15, 0.2) is 94.8 Å². The standard InChI is InChI=1S/C27H28N2O6S/c28-26(31)27(16-19-36(32,33)23-10-5-2-6-11-23)24(20-8-3-1-4-9-20)35-25(29-27)21-12-14-22(15-13-21)34-18-7-17-30/h1-6,8-15,24,30H,7,16-19H2,(H2,28,31)/t24-,27-/m0/s1. The van der Waals surface area contributed by atoms with Crippen molar-refractivity contribution in [3.63, 3.8) is 0 Å². The predicted octanol–water partition coefficient (Wildman–Crippen LogP) is 3.05. The molecule has 0 aliphatic carbocycles. The number of ether oxygens (including phenoxy) is 2. The molecule has 0 saturated carbocycles. The normalized spacial score (nSPS) is 19.4. The topological polar surface area (TPSA) is 128 Å². The third kappa shape index (κ3) is 5.42. The van der Waals surface area contributed by atoms with Gasteiger partial charge in [-0.2, -0.15) is 0 Å². The number of sulfone groups is 1. The molecule has 1 amide bonds. The highest BCUT2D eigenvalue weighted by Crippen LogP contribution is 2.42. The molecule has 0 aromatic heterocycles. The average Bonchev–Trinajstić information content (AvgIpc) is 3.30.